The number of aryl methyl sites for hydroxylation is 1. The van der Waals surface area contributed by atoms with Crippen molar-refractivity contribution in [3.63, 3.8) is 0 Å². The summed E-state index contributed by atoms with van der Waals surface area (Å²) in [6.45, 7) is 2.75. The smallest absolute Gasteiger partial charge is 0.142 e. The van der Waals surface area contributed by atoms with Gasteiger partial charge in [0.25, 0.3) is 0 Å². The molecule has 0 fully saturated rings. The minimum absolute atomic E-state index is 0.334. The topological polar surface area (TPSA) is 71.9 Å². The molecule has 1 atom stereocenters. The summed E-state index contributed by atoms with van der Waals surface area (Å²) in [7, 11) is 0. The third-order valence-electron chi connectivity index (χ3n) is 5.77. The summed E-state index contributed by atoms with van der Waals surface area (Å²) in [5, 5.41) is 9.76. The Morgan fingerprint density at radius 3 is 2.59 bits per heavy atom. The van der Waals surface area contributed by atoms with Crippen LogP contribution in [0.1, 0.15) is 42.1 Å². The van der Waals surface area contributed by atoms with Crippen LogP contribution in [0.4, 0.5) is 5.82 Å². The summed E-state index contributed by atoms with van der Waals surface area (Å²) in [6.07, 6.45) is 4.15. The highest BCUT2D eigenvalue weighted by Crippen LogP contribution is 2.38. The number of anilines is 1. The molecule has 4 heteroatoms. The first-order chi connectivity index (χ1) is 14.2. The summed E-state index contributed by atoms with van der Waals surface area (Å²) in [6, 6.07) is 20.3. The lowest BCUT2D eigenvalue weighted by Gasteiger charge is -2.26. The molecule has 2 aromatic carbocycles. The highest BCUT2D eigenvalue weighted by Gasteiger charge is 2.25. The Labute approximate surface area is 172 Å². The molecule has 4 nitrogen and oxygen atoms in total. The molecule has 1 unspecified atom stereocenters. The summed E-state index contributed by atoms with van der Waals surface area (Å²) >= 11 is 0. The fourth-order valence-corrected chi connectivity index (χ4v) is 4.09. The van der Waals surface area contributed by atoms with Crippen molar-refractivity contribution in [3.05, 3.63) is 77.0 Å². The third kappa shape index (κ3) is 3.95. The predicted octanol–water partition coefficient (Wildman–Crippen LogP) is 5.30. The Bertz CT molecular complexity index is 1040. The van der Waals surface area contributed by atoms with Gasteiger partial charge in [0, 0.05) is 11.3 Å². The number of pyridine rings is 1. The number of nitrogens with zero attached hydrogens (tertiary/aromatic N) is 2. The van der Waals surface area contributed by atoms with Crippen molar-refractivity contribution in [2.75, 3.05) is 5.73 Å². The van der Waals surface area contributed by atoms with Crippen molar-refractivity contribution in [3.8, 4) is 22.9 Å². The normalized spacial score (nSPS) is 15.4. The lowest BCUT2D eigenvalue weighted by atomic mass is 9.80. The van der Waals surface area contributed by atoms with Crippen molar-refractivity contribution >= 4 is 5.82 Å². The first kappa shape index (κ1) is 19.0. The zero-order chi connectivity index (χ0) is 20.2. The van der Waals surface area contributed by atoms with Crippen molar-refractivity contribution < 1.29 is 4.74 Å². The van der Waals surface area contributed by atoms with Crippen LogP contribution >= 0.6 is 0 Å². The third-order valence-corrected chi connectivity index (χ3v) is 5.77. The summed E-state index contributed by atoms with van der Waals surface area (Å²) in [5.74, 6) is 1.77. The number of nitrogen functional groups attached to an aromatic ring is 1. The van der Waals surface area contributed by atoms with Crippen LogP contribution in [-0.2, 0) is 19.4 Å². The molecule has 0 saturated heterocycles. The molecule has 0 saturated carbocycles. The van der Waals surface area contributed by atoms with Crippen LogP contribution in [0.2, 0.25) is 0 Å². The van der Waals surface area contributed by atoms with Crippen LogP contribution in [0.3, 0.4) is 0 Å². The maximum Gasteiger partial charge on any atom is 0.142 e. The largest absolute Gasteiger partial charge is 0.489 e. The van der Waals surface area contributed by atoms with E-state index in [1.54, 1.807) is 0 Å². The van der Waals surface area contributed by atoms with Gasteiger partial charge in [-0.2, -0.15) is 5.26 Å². The molecular formula is C25H25N3O. The Morgan fingerprint density at radius 2 is 1.90 bits per heavy atom. The van der Waals surface area contributed by atoms with E-state index >= 15 is 0 Å². The molecule has 0 spiro atoms. The SMILES string of the molecule is CCC1CCc2nc(N)c(C#N)c(-c3ccc(OCc4ccccc4)cc3)c2C1. The van der Waals surface area contributed by atoms with Gasteiger partial charge in [-0.15, -0.1) is 0 Å². The number of ether oxygens (including phenoxy) is 1. The monoisotopic (exact) mass is 383 g/mol. The molecule has 1 aliphatic carbocycles. The van der Waals surface area contributed by atoms with Gasteiger partial charge >= 0.3 is 0 Å². The van der Waals surface area contributed by atoms with Crippen molar-refractivity contribution in [1.82, 2.24) is 4.98 Å². The number of benzene rings is 2. The highest BCUT2D eigenvalue weighted by molar-refractivity contribution is 5.79. The molecule has 29 heavy (non-hydrogen) atoms. The number of nitrogens with two attached hydrogens (primary N) is 1. The lowest BCUT2D eigenvalue weighted by molar-refractivity contribution is 0.306. The van der Waals surface area contributed by atoms with E-state index in [4.69, 9.17) is 10.5 Å². The van der Waals surface area contributed by atoms with Gasteiger partial charge in [-0.25, -0.2) is 4.98 Å². The van der Waals surface area contributed by atoms with E-state index in [0.29, 0.717) is 23.9 Å². The van der Waals surface area contributed by atoms with Crippen molar-refractivity contribution in [1.29, 1.82) is 5.26 Å². The standard InChI is InChI=1S/C25H25N3O/c1-2-17-8-13-23-21(14-17)24(22(15-26)25(27)28-23)19-9-11-20(12-10-19)29-16-18-6-4-3-5-7-18/h3-7,9-12,17H,2,8,13-14,16H2,1H3,(H2,27,28). The summed E-state index contributed by atoms with van der Waals surface area (Å²) < 4.78 is 5.91. The molecular weight excluding hydrogens is 358 g/mol. The maximum absolute atomic E-state index is 9.76. The minimum Gasteiger partial charge on any atom is -0.489 e. The number of aromatic nitrogens is 1. The van der Waals surface area contributed by atoms with Gasteiger partial charge in [0.2, 0.25) is 0 Å². The van der Waals surface area contributed by atoms with Crippen LogP contribution in [0.15, 0.2) is 54.6 Å². The number of hydrogen-bond donors (Lipinski definition) is 1. The minimum atomic E-state index is 0.334. The molecule has 1 aromatic heterocycles. The van der Waals surface area contributed by atoms with Gasteiger partial charge in [-0.05, 0) is 54.0 Å². The molecule has 0 radical (unpaired) electrons. The van der Waals surface area contributed by atoms with Crippen LogP contribution < -0.4 is 10.5 Å². The molecule has 3 aromatic rings. The van der Waals surface area contributed by atoms with E-state index in [-0.39, 0.29) is 0 Å². The number of rotatable bonds is 5. The van der Waals surface area contributed by atoms with Crippen molar-refractivity contribution in [2.45, 2.75) is 39.2 Å². The van der Waals surface area contributed by atoms with E-state index in [1.807, 2.05) is 54.6 Å². The summed E-state index contributed by atoms with van der Waals surface area (Å²) in [5.41, 5.74) is 11.9. The molecule has 0 bridgehead atoms. The quantitative estimate of drug-likeness (QED) is 0.649. The molecule has 0 amide bonds. The first-order valence-corrected chi connectivity index (χ1v) is 10.2. The molecule has 1 heterocycles. The molecule has 0 aliphatic heterocycles. The zero-order valence-electron chi connectivity index (χ0n) is 16.7. The van der Waals surface area contributed by atoms with Crippen LogP contribution in [0, 0.1) is 17.2 Å². The second-order valence-corrected chi connectivity index (χ2v) is 7.60. The van der Waals surface area contributed by atoms with E-state index in [9.17, 15) is 5.26 Å². The highest BCUT2D eigenvalue weighted by atomic mass is 16.5. The van der Waals surface area contributed by atoms with E-state index in [1.165, 1.54) is 5.56 Å². The van der Waals surface area contributed by atoms with Gasteiger partial charge in [-0.3, -0.25) is 0 Å². The Morgan fingerprint density at radius 1 is 1.14 bits per heavy atom. The first-order valence-electron chi connectivity index (χ1n) is 10.2. The average molecular weight is 383 g/mol. The van der Waals surface area contributed by atoms with Gasteiger partial charge in [0.15, 0.2) is 0 Å². The van der Waals surface area contributed by atoms with Crippen molar-refractivity contribution in [2.24, 2.45) is 5.92 Å². The second kappa shape index (κ2) is 8.36. The Hall–Kier alpha value is -3.32. The van der Waals surface area contributed by atoms with E-state index in [0.717, 1.165) is 53.8 Å². The zero-order valence-corrected chi connectivity index (χ0v) is 16.7. The summed E-state index contributed by atoms with van der Waals surface area (Å²) in [4.78, 5) is 4.55. The van der Waals surface area contributed by atoms with Gasteiger partial charge in [0.05, 0.1) is 0 Å². The van der Waals surface area contributed by atoms with Gasteiger partial charge in [-0.1, -0.05) is 55.8 Å². The van der Waals surface area contributed by atoms with E-state index in [2.05, 4.69) is 18.0 Å². The molecule has 4 rings (SSSR count). The van der Waals surface area contributed by atoms with Gasteiger partial charge in [0.1, 0.15) is 29.8 Å². The molecule has 2 N–H and O–H groups in total. The second-order valence-electron chi connectivity index (χ2n) is 7.60. The number of hydrogen-bond acceptors (Lipinski definition) is 4. The fraction of sp³-hybridized carbons (Fsp3) is 0.280. The van der Waals surface area contributed by atoms with E-state index < -0.39 is 0 Å². The van der Waals surface area contributed by atoms with Crippen LogP contribution in [0.5, 0.6) is 5.75 Å². The molecule has 1 aliphatic rings. The Balaban J connectivity index is 1.65. The van der Waals surface area contributed by atoms with Crippen LogP contribution in [-0.4, -0.2) is 4.98 Å². The fourth-order valence-electron chi connectivity index (χ4n) is 4.09. The maximum atomic E-state index is 9.76. The molecule has 146 valence electrons. The number of fused-ring (bicyclic) bond motifs is 1. The number of nitriles is 1. The Kier molecular flexibility index (Phi) is 5.48. The predicted molar refractivity (Wildman–Crippen MR) is 115 cm³/mol. The van der Waals surface area contributed by atoms with Gasteiger partial charge < -0.3 is 10.5 Å². The lowest BCUT2D eigenvalue weighted by Crippen LogP contribution is -2.18. The van der Waals surface area contributed by atoms with Crippen LogP contribution in [0.25, 0.3) is 11.1 Å². The average Bonchev–Trinajstić information content (AvgIpc) is 2.77.